The first-order valence-electron chi connectivity index (χ1n) is 12.3. The summed E-state index contributed by atoms with van der Waals surface area (Å²) < 4.78 is 21.8. The SMILES string of the molecule is COc1c(O)c(C)c(CCCCCCCCCCO)c(OC2O[C@H](C(=O)[O-])[C@@H](O)[C@H](O)[C@H]2O)c1OC.[Na+]. The van der Waals surface area contributed by atoms with Gasteiger partial charge in [0.05, 0.1) is 20.2 Å². The quantitative estimate of drug-likeness (QED) is 0.116. The van der Waals surface area contributed by atoms with Gasteiger partial charge in [-0.15, -0.1) is 0 Å². The first-order chi connectivity index (χ1) is 17.2. The van der Waals surface area contributed by atoms with Gasteiger partial charge in [0.25, 0.3) is 0 Å². The molecule has 0 saturated carbocycles. The molecule has 12 heteroatoms. The molecule has 5 N–H and O–H groups in total. The zero-order chi connectivity index (χ0) is 26.8. The van der Waals surface area contributed by atoms with Gasteiger partial charge in [-0.05, 0) is 26.2 Å². The van der Waals surface area contributed by atoms with E-state index >= 15 is 0 Å². The molecule has 1 unspecified atom stereocenters. The number of aliphatic carboxylic acids is 1. The minimum Gasteiger partial charge on any atom is -0.547 e. The summed E-state index contributed by atoms with van der Waals surface area (Å²) in [6, 6.07) is 0. The predicted molar refractivity (Wildman–Crippen MR) is 126 cm³/mol. The van der Waals surface area contributed by atoms with E-state index in [1.54, 1.807) is 6.92 Å². The molecule has 206 valence electrons. The topological polar surface area (TPSA) is 178 Å². The van der Waals surface area contributed by atoms with Crippen LogP contribution in [0.25, 0.3) is 0 Å². The Bertz CT molecular complexity index is 851. The van der Waals surface area contributed by atoms with E-state index in [1.165, 1.54) is 14.2 Å². The van der Waals surface area contributed by atoms with Gasteiger partial charge in [0.2, 0.25) is 17.8 Å². The minimum absolute atomic E-state index is 0. The van der Waals surface area contributed by atoms with Gasteiger partial charge in [0.1, 0.15) is 24.4 Å². The number of unbranched alkanes of at least 4 members (excludes halogenated alkanes) is 7. The molecule has 0 bridgehead atoms. The summed E-state index contributed by atoms with van der Waals surface area (Å²) in [5, 5.41) is 61.4. The summed E-state index contributed by atoms with van der Waals surface area (Å²) >= 11 is 0. The maximum atomic E-state index is 11.4. The van der Waals surface area contributed by atoms with Crippen molar-refractivity contribution in [3.05, 3.63) is 11.1 Å². The van der Waals surface area contributed by atoms with Crippen molar-refractivity contribution in [3.8, 4) is 23.0 Å². The number of aliphatic hydroxyl groups is 4. The number of carboxylic acids is 1. The monoisotopic (exact) mass is 538 g/mol. The number of rotatable bonds is 15. The average Bonchev–Trinajstić information content (AvgIpc) is 2.86. The third-order valence-corrected chi connectivity index (χ3v) is 6.49. The molecule has 1 aliphatic rings. The van der Waals surface area contributed by atoms with Gasteiger partial charge in [-0.1, -0.05) is 38.5 Å². The summed E-state index contributed by atoms with van der Waals surface area (Å²) in [5.74, 6) is -1.85. The van der Waals surface area contributed by atoms with E-state index in [0.29, 0.717) is 17.5 Å². The van der Waals surface area contributed by atoms with E-state index in [2.05, 4.69) is 0 Å². The Labute approximate surface area is 239 Å². The van der Waals surface area contributed by atoms with Crippen LogP contribution in [-0.2, 0) is 16.0 Å². The summed E-state index contributed by atoms with van der Waals surface area (Å²) in [7, 11) is 2.67. The molecular formula is C25H39NaO11. The number of ether oxygens (including phenoxy) is 4. The van der Waals surface area contributed by atoms with Gasteiger partial charge in [0, 0.05) is 17.7 Å². The number of carbonyl (C=O) groups is 1. The van der Waals surface area contributed by atoms with Crippen molar-refractivity contribution in [1.29, 1.82) is 0 Å². The van der Waals surface area contributed by atoms with Crippen LogP contribution in [0.4, 0.5) is 0 Å². The number of methoxy groups -OCH3 is 2. The molecule has 1 heterocycles. The van der Waals surface area contributed by atoms with Crippen molar-refractivity contribution < 1.29 is 83.9 Å². The molecule has 0 amide bonds. The largest absolute Gasteiger partial charge is 1.00 e. The molecule has 1 aromatic carbocycles. The van der Waals surface area contributed by atoms with E-state index in [0.717, 1.165) is 51.4 Å². The van der Waals surface area contributed by atoms with Gasteiger partial charge in [0.15, 0.2) is 11.5 Å². The molecule has 1 fully saturated rings. The molecule has 0 radical (unpaired) electrons. The zero-order valence-corrected chi connectivity index (χ0v) is 24.1. The van der Waals surface area contributed by atoms with Crippen LogP contribution in [-0.4, -0.2) is 83.0 Å². The molecule has 2 rings (SSSR count). The van der Waals surface area contributed by atoms with Gasteiger partial charge >= 0.3 is 29.6 Å². The second-order valence-corrected chi connectivity index (χ2v) is 8.98. The molecular weight excluding hydrogens is 499 g/mol. The third kappa shape index (κ3) is 8.59. The van der Waals surface area contributed by atoms with Crippen LogP contribution in [0.5, 0.6) is 23.0 Å². The van der Waals surface area contributed by atoms with Gasteiger partial charge in [-0.2, -0.15) is 0 Å². The van der Waals surface area contributed by atoms with Crippen LogP contribution in [0.2, 0.25) is 0 Å². The Kier molecular flexibility index (Phi) is 15.1. The Morgan fingerprint density at radius 1 is 0.865 bits per heavy atom. The fraction of sp³-hybridized carbons (Fsp3) is 0.720. The van der Waals surface area contributed by atoms with Crippen LogP contribution in [0.1, 0.15) is 62.5 Å². The van der Waals surface area contributed by atoms with Crippen molar-refractivity contribution >= 4 is 5.97 Å². The number of carboxylic acid groups (broad SMARTS) is 1. The van der Waals surface area contributed by atoms with Crippen molar-refractivity contribution in [2.24, 2.45) is 0 Å². The van der Waals surface area contributed by atoms with Gasteiger partial charge in [-0.25, -0.2) is 0 Å². The molecule has 1 aromatic rings. The van der Waals surface area contributed by atoms with E-state index in [4.69, 9.17) is 24.1 Å². The van der Waals surface area contributed by atoms with E-state index < -0.39 is 36.7 Å². The molecule has 0 aromatic heterocycles. The van der Waals surface area contributed by atoms with Crippen LogP contribution >= 0.6 is 0 Å². The van der Waals surface area contributed by atoms with Gasteiger partial charge < -0.3 is 54.4 Å². The number of hydrogen-bond donors (Lipinski definition) is 5. The Morgan fingerprint density at radius 2 is 1.41 bits per heavy atom. The second kappa shape index (κ2) is 16.6. The minimum atomic E-state index is -1.93. The fourth-order valence-corrected chi connectivity index (χ4v) is 4.36. The Balaban J connectivity index is 0.00000684. The molecule has 11 nitrogen and oxygen atoms in total. The summed E-state index contributed by atoms with van der Waals surface area (Å²) in [5.41, 5.74) is 1.00. The fourth-order valence-electron chi connectivity index (χ4n) is 4.36. The van der Waals surface area contributed by atoms with Crippen LogP contribution < -0.4 is 48.9 Å². The van der Waals surface area contributed by atoms with Crippen molar-refractivity contribution in [2.45, 2.75) is 95.4 Å². The predicted octanol–water partition coefficient (Wildman–Crippen LogP) is -2.69. The van der Waals surface area contributed by atoms with E-state index in [9.17, 15) is 30.3 Å². The molecule has 1 saturated heterocycles. The van der Waals surface area contributed by atoms with Crippen molar-refractivity contribution in [1.82, 2.24) is 0 Å². The maximum Gasteiger partial charge on any atom is 1.00 e. The second-order valence-electron chi connectivity index (χ2n) is 8.98. The number of aromatic hydroxyl groups is 1. The van der Waals surface area contributed by atoms with Crippen molar-refractivity contribution in [2.75, 3.05) is 20.8 Å². The number of phenolic OH excluding ortho intramolecular Hbond substituents is 1. The summed E-state index contributed by atoms with van der Waals surface area (Å²) in [6.45, 7) is 1.89. The Hall–Kier alpha value is -1.31. The zero-order valence-electron chi connectivity index (χ0n) is 22.1. The molecule has 0 aliphatic carbocycles. The van der Waals surface area contributed by atoms with E-state index in [-0.39, 0.29) is 59.2 Å². The normalized spacial score (nSPS) is 23.3. The molecule has 5 atom stereocenters. The first-order valence-corrected chi connectivity index (χ1v) is 12.3. The number of hydrogen-bond acceptors (Lipinski definition) is 11. The maximum absolute atomic E-state index is 11.4. The first kappa shape index (κ1) is 33.7. The third-order valence-electron chi connectivity index (χ3n) is 6.49. The molecule has 37 heavy (non-hydrogen) atoms. The van der Waals surface area contributed by atoms with E-state index in [1.807, 2.05) is 0 Å². The number of aliphatic hydroxyl groups excluding tert-OH is 4. The summed E-state index contributed by atoms with van der Waals surface area (Å²) in [6.07, 6.45) is -0.937. The molecule has 1 aliphatic heterocycles. The van der Waals surface area contributed by atoms with Gasteiger partial charge in [-0.3, -0.25) is 0 Å². The van der Waals surface area contributed by atoms with Crippen LogP contribution in [0, 0.1) is 6.92 Å². The number of benzene rings is 1. The molecule has 0 spiro atoms. The average molecular weight is 539 g/mol. The smallest absolute Gasteiger partial charge is 0.547 e. The standard InChI is InChI=1S/C25H40O11.Na/c1-14-15(12-10-8-6-4-5-7-9-11-13-26)20(23(34-3)21(33-2)16(14)27)35-25-19(30)17(28)18(29)22(36-25)24(31)32;/h17-19,22,25-30H,4-13H2,1-3H3,(H,31,32);/q;+1/p-1/t17-,18-,19+,22-,25?;/m0./s1. The number of carbonyl (C=O) groups excluding carboxylic acids is 1. The van der Waals surface area contributed by atoms with Crippen LogP contribution in [0.15, 0.2) is 0 Å². The number of phenols is 1. The van der Waals surface area contributed by atoms with Crippen LogP contribution in [0.3, 0.4) is 0 Å². The Morgan fingerprint density at radius 3 is 1.92 bits per heavy atom. The van der Waals surface area contributed by atoms with Crippen molar-refractivity contribution in [3.63, 3.8) is 0 Å². The summed E-state index contributed by atoms with van der Waals surface area (Å²) in [4.78, 5) is 11.4.